The molecule has 116 valence electrons. The van der Waals surface area contributed by atoms with Crippen LogP contribution < -0.4 is 10.5 Å². The van der Waals surface area contributed by atoms with Crippen molar-refractivity contribution in [1.82, 2.24) is 9.78 Å². The predicted octanol–water partition coefficient (Wildman–Crippen LogP) is 3.07. The molecule has 0 unspecified atom stereocenters. The number of hydrogen-bond donors (Lipinski definition) is 0. The molecular formula is C16H17ClFN3O. The van der Waals surface area contributed by atoms with Gasteiger partial charge in [-0.15, -0.1) is 0 Å². The molecule has 0 N–H and O–H groups in total. The minimum Gasteiger partial charge on any atom is -0.369 e. The van der Waals surface area contributed by atoms with Gasteiger partial charge in [-0.05, 0) is 37.0 Å². The maximum atomic E-state index is 12.9. The molecule has 3 rings (SSSR count). The van der Waals surface area contributed by atoms with Crippen LogP contribution in [0.1, 0.15) is 24.8 Å². The second-order valence-electron chi connectivity index (χ2n) is 5.48. The van der Waals surface area contributed by atoms with Crippen molar-refractivity contribution in [1.29, 1.82) is 0 Å². The third kappa shape index (κ3) is 3.14. The van der Waals surface area contributed by atoms with E-state index in [0.717, 1.165) is 31.5 Å². The number of anilines is 1. The predicted molar refractivity (Wildman–Crippen MR) is 85.1 cm³/mol. The van der Waals surface area contributed by atoms with Gasteiger partial charge in [0.2, 0.25) is 0 Å². The number of benzene rings is 1. The zero-order valence-electron chi connectivity index (χ0n) is 12.1. The molecule has 1 aromatic heterocycles. The molecule has 0 spiro atoms. The lowest BCUT2D eigenvalue weighted by Gasteiger charge is -2.29. The first-order chi connectivity index (χ1) is 10.6. The first kappa shape index (κ1) is 15.0. The lowest BCUT2D eigenvalue weighted by atomic mass is 10.1. The van der Waals surface area contributed by atoms with Gasteiger partial charge >= 0.3 is 0 Å². The molecule has 2 heterocycles. The van der Waals surface area contributed by atoms with Crippen molar-refractivity contribution in [3.63, 3.8) is 0 Å². The van der Waals surface area contributed by atoms with Crippen LogP contribution in [0, 0.1) is 5.82 Å². The third-order valence-electron chi connectivity index (χ3n) is 3.91. The lowest BCUT2D eigenvalue weighted by Crippen LogP contribution is -2.33. The van der Waals surface area contributed by atoms with Crippen LogP contribution in [0.15, 0.2) is 35.3 Å². The molecule has 1 aromatic carbocycles. The summed E-state index contributed by atoms with van der Waals surface area (Å²) in [5.41, 5.74) is 1.20. The van der Waals surface area contributed by atoms with Crippen molar-refractivity contribution in [2.24, 2.45) is 0 Å². The number of rotatable bonds is 3. The van der Waals surface area contributed by atoms with E-state index in [1.165, 1.54) is 23.2 Å². The van der Waals surface area contributed by atoms with Crippen molar-refractivity contribution in [3.05, 3.63) is 57.2 Å². The zero-order chi connectivity index (χ0) is 15.5. The quantitative estimate of drug-likeness (QED) is 0.872. The summed E-state index contributed by atoms with van der Waals surface area (Å²) in [6.45, 7) is 2.09. The normalized spacial score (nSPS) is 15.1. The molecule has 0 radical (unpaired) electrons. The van der Waals surface area contributed by atoms with E-state index >= 15 is 0 Å². The first-order valence-corrected chi connectivity index (χ1v) is 7.78. The molecule has 6 heteroatoms. The van der Waals surface area contributed by atoms with E-state index in [4.69, 9.17) is 11.6 Å². The fraction of sp³-hybridized carbons (Fsp3) is 0.375. The Bertz CT molecular complexity index is 708. The van der Waals surface area contributed by atoms with Gasteiger partial charge in [-0.25, -0.2) is 9.07 Å². The maximum Gasteiger partial charge on any atom is 0.287 e. The Morgan fingerprint density at radius 2 is 1.82 bits per heavy atom. The maximum absolute atomic E-state index is 12.9. The average Bonchev–Trinajstić information content (AvgIpc) is 2.55. The molecule has 1 aliphatic heterocycles. The second-order valence-corrected chi connectivity index (χ2v) is 5.86. The van der Waals surface area contributed by atoms with Gasteiger partial charge in [0, 0.05) is 13.1 Å². The van der Waals surface area contributed by atoms with E-state index in [-0.39, 0.29) is 22.9 Å². The van der Waals surface area contributed by atoms with Crippen LogP contribution in [0.4, 0.5) is 10.1 Å². The molecule has 0 bridgehead atoms. The van der Waals surface area contributed by atoms with Gasteiger partial charge in [0.05, 0.1) is 18.4 Å². The molecule has 4 nitrogen and oxygen atoms in total. The minimum atomic E-state index is -0.311. The molecule has 1 fully saturated rings. The molecule has 0 amide bonds. The van der Waals surface area contributed by atoms with E-state index in [2.05, 4.69) is 10.00 Å². The Morgan fingerprint density at radius 3 is 2.50 bits per heavy atom. The van der Waals surface area contributed by atoms with Gasteiger partial charge in [-0.2, -0.15) is 5.10 Å². The van der Waals surface area contributed by atoms with Crippen LogP contribution in [0.2, 0.25) is 5.02 Å². The Kier molecular flexibility index (Phi) is 4.43. The van der Waals surface area contributed by atoms with E-state index in [1.54, 1.807) is 18.3 Å². The highest BCUT2D eigenvalue weighted by atomic mass is 35.5. The van der Waals surface area contributed by atoms with Crippen LogP contribution in [0.5, 0.6) is 0 Å². The van der Waals surface area contributed by atoms with E-state index in [1.807, 2.05) is 0 Å². The number of nitrogens with zero attached hydrogens (tertiary/aromatic N) is 3. The van der Waals surface area contributed by atoms with Gasteiger partial charge in [0.25, 0.3) is 5.56 Å². The monoisotopic (exact) mass is 321 g/mol. The SMILES string of the molecule is O=c1c(Cl)c(N2CCCCC2)cnn1Cc1ccc(F)cc1. The highest BCUT2D eigenvalue weighted by Gasteiger charge is 2.17. The zero-order valence-corrected chi connectivity index (χ0v) is 12.9. The summed E-state index contributed by atoms with van der Waals surface area (Å²) in [7, 11) is 0. The minimum absolute atomic E-state index is 0.207. The van der Waals surface area contributed by atoms with Gasteiger partial charge in [-0.3, -0.25) is 4.79 Å². The number of hydrogen-bond acceptors (Lipinski definition) is 3. The summed E-state index contributed by atoms with van der Waals surface area (Å²) >= 11 is 6.25. The van der Waals surface area contributed by atoms with Crippen LogP contribution in [-0.4, -0.2) is 22.9 Å². The highest BCUT2D eigenvalue weighted by molar-refractivity contribution is 6.33. The largest absolute Gasteiger partial charge is 0.369 e. The smallest absolute Gasteiger partial charge is 0.287 e. The van der Waals surface area contributed by atoms with E-state index in [0.29, 0.717) is 5.69 Å². The Hall–Kier alpha value is -1.88. The van der Waals surface area contributed by atoms with Crippen LogP contribution in [0.25, 0.3) is 0 Å². The third-order valence-corrected chi connectivity index (χ3v) is 4.26. The molecule has 0 aliphatic carbocycles. The number of halogens is 2. The molecular weight excluding hydrogens is 305 g/mol. The topological polar surface area (TPSA) is 38.1 Å². The second kappa shape index (κ2) is 6.48. The fourth-order valence-electron chi connectivity index (χ4n) is 2.69. The fourth-order valence-corrected chi connectivity index (χ4v) is 2.95. The number of aromatic nitrogens is 2. The van der Waals surface area contributed by atoms with Gasteiger partial charge in [0.15, 0.2) is 0 Å². The molecule has 22 heavy (non-hydrogen) atoms. The molecule has 1 aliphatic rings. The van der Waals surface area contributed by atoms with Crippen LogP contribution >= 0.6 is 11.6 Å². The van der Waals surface area contributed by atoms with Crippen LogP contribution in [-0.2, 0) is 6.54 Å². The van der Waals surface area contributed by atoms with Gasteiger partial charge in [0.1, 0.15) is 10.8 Å². The molecule has 0 atom stereocenters. The van der Waals surface area contributed by atoms with E-state index in [9.17, 15) is 9.18 Å². The summed E-state index contributed by atoms with van der Waals surface area (Å²) < 4.78 is 14.2. The van der Waals surface area contributed by atoms with Crippen molar-refractivity contribution < 1.29 is 4.39 Å². The standard InChI is InChI=1S/C16H17ClFN3O/c17-15-14(20-8-2-1-3-9-20)10-19-21(16(15)22)11-12-4-6-13(18)7-5-12/h4-7,10H,1-3,8-9,11H2. The Labute approximate surface area is 133 Å². The molecule has 2 aromatic rings. The van der Waals surface area contributed by atoms with Gasteiger partial charge < -0.3 is 4.90 Å². The first-order valence-electron chi connectivity index (χ1n) is 7.40. The van der Waals surface area contributed by atoms with E-state index < -0.39 is 0 Å². The average molecular weight is 322 g/mol. The summed E-state index contributed by atoms with van der Waals surface area (Å²) in [5, 5.41) is 4.42. The summed E-state index contributed by atoms with van der Waals surface area (Å²) in [6.07, 6.45) is 5.08. The molecule has 1 saturated heterocycles. The Morgan fingerprint density at radius 1 is 1.14 bits per heavy atom. The summed E-state index contributed by atoms with van der Waals surface area (Å²) in [6, 6.07) is 6.00. The summed E-state index contributed by atoms with van der Waals surface area (Å²) in [4.78, 5) is 14.5. The Balaban J connectivity index is 1.86. The lowest BCUT2D eigenvalue weighted by molar-refractivity contribution is 0.571. The summed E-state index contributed by atoms with van der Waals surface area (Å²) in [5.74, 6) is -0.303. The highest BCUT2D eigenvalue weighted by Crippen LogP contribution is 2.24. The van der Waals surface area contributed by atoms with Crippen molar-refractivity contribution in [2.45, 2.75) is 25.8 Å². The molecule has 0 saturated carbocycles. The van der Waals surface area contributed by atoms with Gasteiger partial charge in [-0.1, -0.05) is 23.7 Å². The van der Waals surface area contributed by atoms with Crippen molar-refractivity contribution >= 4 is 17.3 Å². The van der Waals surface area contributed by atoms with Crippen molar-refractivity contribution in [3.8, 4) is 0 Å². The van der Waals surface area contributed by atoms with Crippen LogP contribution in [0.3, 0.4) is 0 Å². The van der Waals surface area contributed by atoms with Crippen molar-refractivity contribution in [2.75, 3.05) is 18.0 Å². The number of piperidine rings is 1.